The second kappa shape index (κ2) is 33.2. The van der Waals surface area contributed by atoms with E-state index in [2.05, 4.69) is 19.2 Å². The van der Waals surface area contributed by atoms with E-state index in [-0.39, 0.29) is 18.9 Å². The van der Waals surface area contributed by atoms with Gasteiger partial charge in [0.1, 0.15) is 0 Å². The number of aliphatic hydroxyl groups excluding tert-OH is 3. The Morgan fingerprint density at radius 1 is 0.500 bits per heavy atom. The Morgan fingerprint density at radius 2 is 0.810 bits per heavy atom. The maximum Gasteiger partial charge on any atom is 0.222 e. The quantitative estimate of drug-likeness (QED) is 0.0556. The van der Waals surface area contributed by atoms with Gasteiger partial charge in [0.15, 0.2) is 0 Å². The van der Waals surface area contributed by atoms with Crippen LogP contribution in [0.15, 0.2) is 0 Å². The van der Waals surface area contributed by atoms with Gasteiger partial charge < -0.3 is 20.6 Å². The van der Waals surface area contributed by atoms with Crippen LogP contribution in [0.25, 0.3) is 0 Å². The minimum Gasteiger partial charge on any atom is -0.394 e. The number of carbonyl (C=O) groups excluding carboxylic acids is 1. The Balaban J connectivity index is 3.64. The molecule has 3 atom stereocenters. The Morgan fingerprint density at radius 3 is 1.14 bits per heavy atom. The summed E-state index contributed by atoms with van der Waals surface area (Å²) in [6.45, 7) is 4.25. The summed E-state index contributed by atoms with van der Waals surface area (Å²) in [6.07, 6.45) is 34.8. The van der Waals surface area contributed by atoms with Crippen molar-refractivity contribution in [2.24, 2.45) is 0 Å². The number of carbonyl (C=O) groups is 1. The van der Waals surface area contributed by atoms with Crippen molar-refractivity contribution in [3.05, 3.63) is 0 Å². The number of hydrogen-bond acceptors (Lipinski definition) is 4. The summed E-state index contributed by atoms with van der Waals surface area (Å²) >= 11 is 0. The summed E-state index contributed by atoms with van der Waals surface area (Å²) in [5.74, 6) is -0.281. The first-order valence-electron chi connectivity index (χ1n) is 18.8. The largest absolute Gasteiger partial charge is 0.394 e. The van der Waals surface area contributed by atoms with Crippen LogP contribution in [0.5, 0.6) is 0 Å². The fourth-order valence-corrected chi connectivity index (χ4v) is 5.99. The summed E-state index contributed by atoms with van der Waals surface area (Å²) in [6, 6.07) is -0.650. The molecule has 42 heavy (non-hydrogen) atoms. The highest BCUT2D eigenvalue weighted by molar-refractivity contribution is 5.76. The van der Waals surface area contributed by atoms with E-state index in [4.69, 9.17) is 0 Å². The first-order chi connectivity index (χ1) is 20.5. The lowest BCUT2D eigenvalue weighted by Crippen LogP contribution is -2.46. The lowest BCUT2D eigenvalue weighted by atomic mass is 10.0. The van der Waals surface area contributed by atoms with Crippen LogP contribution in [-0.2, 0) is 4.79 Å². The van der Waals surface area contributed by atoms with Gasteiger partial charge in [-0.05, 0) is 12.8 Å². The van der Waals surface area contributed by atoms with Crippen molar-refractivity contribution in [3.8, 4) is 0 Å². The predicted octanol–water partition coefficient (Wildman–Crippen LogP) is 9.93. The van der Waals surface area contributed by atoms with Gasteiger partial charge in [-0.25, -0.2) is 0 Å². The van der Waals surface area contributed by atoms with Crippen LogP contribution in [0.4, 0.5) is 0 Å². The first-order valence-corrected chi connectivity index (χ1v) is 18.8. The van der Waals surface area contributed by atoms with Crippen LogP contribution in [-0.4, -0.2) is 46.1 Å². The first kappa shape index (κ1) is 41.4. The van der Waals surface area contributed by atoms with Crippen molar-refractivity contribution in [1.82, 2.24) is 5.32 Å². The van der Waals surface area contributed by atoms with Gasteiger partial charge in [0.05, 0.1) is 31.3 Å². The second-order valence-electron chi connectivity index (χ2n) is 13.2. The van der Waals surface area contributed by atoms with Crippen LogP contribution in [0.3, 0.4) is 0 Å². The van der Waals surface area contributed by atoms with E-state index in [1.807, 2.05) is 0 Å². The zero-order valence-corrected chi connectivity index (χ0v) is 28.4. The number of rotatable bonds is 34. The molecule has 0 spiro atoms. The molecule has 1 amide bonds. The number of amides is 1. The monoisotopic (exact) mass is 598 g/mol. The molecule has 0 saturated heterocycles. The molecule has 0 aliphatic carbocycles. The normalized spacial score (nSPS) is 13.7. The van der Waals surface area contributed by atoms with Gasteiger partial charge in [0.25, 0.3) is 0 Å². The Bertz CT molecular complexity index is 544. The van der Waals surface area contributed by atoms with Crippen molar-refractivity contribution >= 4 is 5.91 Å². The molecule has 0 bridgehead atoms. The average molecular weight is 598 g/mol. The van der Waals surface area contributed by atoms with Crippen LogP contribution < -0.4 is 5.32 Å². The fourth-order valence-electron chi connectivity index (χ4n) is 5.99. The molecule has 0 rings (SSSR count). The molecule has 4 N–H and O–H groups in total. The van der Waals surface area contributed by atoms with Gasteiger partial charge in [0.2, 0.25) is 5.91 Å². The minimum atomic E-state index is -0.741. The van der Waals surface area contributed by atoms with Crippen LogP contribution in [0, 0.1) is 0 Å². The summed E-state index contributed by atoms with van der Waals surface area (Å²) in [7, 11) is 0. The van der Waals surface area contributed by atoms with E-state index < -0.39 is 18.2 Å². The molecular weight excluding hydrogens is 522 g/mol. The van der Waals surface area contributed by atoms with E-state index in [0.717, 1.165) is 25.7 Å². The maximum atomic E-state index is 12.4. The third kappa shape index (κ3) is 29.4. The van der Waals surface area contributed by atoms with Crippen molar-refractivity contribution in [2.45, 2.75) is 225 Å². The van der Waals surface area contributed by atoms with Crippen molar-refractivity contribution in [2.75, 3.05) is 6.61 Å². The molecule has 0 radical (unpaired) electrons. The minimum absolute atomic E-state index is 0.0421. The highest BCUT2D eigenvalue weighted by Crippen LogP contribution is 2.16. The van der Waals surface area contributed by atoms with Gasteiger partial charge in [0, 0.05) is 0 Å². The summed E-state index contributed by atoms with van der Waals surface area (Å²) < 4.78 is 0. The van der Waals surface area contributed by atoms with Crippen molar-refractivity contribution in [3.63, 3.8) is 0 Å². The van der Waals surface area contributed by atoms with Gasteiger partial charge in [-0.15, -0.1) is 0 Å². The number of aliphatic hydroxyl groups is 3. The molecule has 0 aliphatic heterocycles. The topological polar surface area (TPSA) is 89.8 Å². The molecule has 0 aromatic carbocycles. The molecule has 0 aliphatic rings. The molecular formula is C37H75NO4. The van der Waals surface area contributed by atoms with Gasteiger partial charge in [-0.1, -0.05) is 187 Å². The Labute approximate surface area is 262 Å². The van der Waals surface area contributed by atoms with E-state index in [9.17, 15) is 20.1 Å². The molecule has 5 nitrogen and oxygen atoms in total. The molecule has 0 aromatic rings. The van der Waals surface area contributed by atoms with Gasteiger partial charge in [-0.3, -0.25) is 4.79 Å². The SMILES string of the molecule is CCCCCCCCCCCCCCCCC(O)CC(=O)N[C@@H](CO)[C@H](O)CCCCCCCCCCCCCCC. The van der Waals surface area contributed by atoms with Crippen LogP contribution in [0.2, 0.25) is 0 Å². The molecule has 252 valence electrons. The van der Waals surface area contributed by atoms with Gasteiger partial charge >= 0.3 is 0 Å². The third-order valence-electron chi connectivity index (χ3n) is 8.92. The summed E-state index contributed by atoms with van der Waals surface area (Å²) in [5, 5.41) is 33.2. The van der Waals surface area contributed by atoms with Crippen LogP contribution >= 0.6 is 0 Å². The average Bonchev–Trinajstić information content (AvgIpc) is 2.98. The third-order valence-corrected chi connectivity index (χ3v) is 8.92. The second-order valence-corrected chi connectivity index (χ2v) is 13.2. The highest BCUT2D eigenvalue weighted by Gasteiger charge is 2.21. The maximum absolute atomic E-state index is 12.4. The standard InChI is InChI=1S/C37H75NO4/c1-3-5-7-9-11-13-15-17-19-20-22-24-26-28-30-34(40)32-37(42)38-35(33-39)36(41)31-29-27-25-23-21-18-16-14-12-10-8-6-4-2/h34-36,39-41H,3-33H2,1-2H3,(H,38,42)/t34?,35-,36+/m0/s1. The number of nitrogens with one attached hydrogen (secondary N) is 1. The van der Waals surface area contributed by atoms with E-state index in [0.29, 0.717) is 12.8 Å². The fraction of sp³-hybridized carbons (Fsp3) is 0.973. The van der Waals surface area contributed by atoms with E-state index in [1.165, 1.54) is 148 Å². The Hall–Kier alpha value is -0.650. The number of hydrogen-bond donors (Lipinski definition) is 4. The van der Waals surface area contributed by atoms with Crippen LogP contribution in [0.1, 0.15) is 206 Å². The van der Waals surface area contributed by atoms with Crippen molar-refractivity contribution < 1.29 is 20.1 Å². The molecule has 0 fully saturated rings. The molecule has 0 heterocycles. The lowest BCUT2D eigenvalue weighted by molar-refractivity contribution is -0.125. The van der Waals surface area contributed by atoms with E-state index >= 15 is 0 Å². The Kier molecular flexibility index (Phi) is 32.7. The van der Waals surface area contributed by atoms with Gasteiger partial charge in [-0.2, -0.15) is 0 Å². The summed E-state index contributed by atoms with van der Waals surface area (Å²) in [4.78, 5) is 12.4. The van der Waals surface area contributed by atoms with Crippen molar-refractivity contribution in [1.29, 1.82) is 0 Å². The molecule has 5 heteroatoms. The molecule has 0 aromatic heterocycles. The smallest absolute Gasteiger partial charge is 0.222 e. The zero-order valence-electron chi connectivity index (χ0n) is 28.4. The van der Waals surface area contributed by atoms with E-state index in [1.54, 1.807) is 0 Å². The number of unbranched alkanes of at least 4 members (excludes halogenated alkanes) is 25. The molecule has 0 saturated carbocycles. The predicted molar refractivity (Wildman–Crippen MR) is 181 cm³/mol. The lowest BCUT2D eigenvalue weighted by Gasteiger charge is -2.23. The molecule has 1 unspecified atom stereocenters. The highest BCUT2D eigenvalue weighted by atomic mass is 16.3. The zero-order chi connectivity index (χ0) is 30.9. The summed E-state index contributed by atoms with van der Waals surface area (Å²) in [5.41, 5.74) is 0.